The third kappa shape index (κ3) is 2.85. The van der Waals surface area contributed by atoms with Gasteiger partial charge >= 0.3 is 0 Å². The first kappa shape index (κ1) is 11.2. The van der Waals surface area contributed by atoms with Gasteiger partial charge in [-0.05, 0) is 0 Å². The minimum absolute atomic E-state index is 0.135. The summed E-state index contributed by atoms with van der Waals surface area (Å²) in [5.41, 5.74) is 1.07. The van der Waals surface area contributed by atoms with Gasteiger partial charge in [0, 0.05) is 10.3 Å². The van der Waals surface area contributed by atoms with Crippen molar-refractivity contribution in [3.05, 3.63) is 30.3 Å². The van der Waals surface area contributed by atoms with Crippen LogP contribution in [0.3, 0.4) is 0 Å². The fourth-order valence-electron chi connectivity index (χ4n) is 1.29. The van der Waals surface area contributed by atoms with Crippen LogP contribution < -0.4 is 0 Å². The van der Waals surface area contributed by atoms with E-state index in [1.165, 1.54) is 0 Å². The molecule has 4 heteroatoms. The average Bonchev–Trinajstić information content (AvgIpc) is 2.65. The fraction of sp³-hybridized carbons (Fsp3) is 0.333. The van der Waals surface area contributed by atoms with Crippen LogP contribution in [0.15, 0.2) is 35.5 Å². The molecule has 0 aliphatic rings. The number of nitrogens with one attached hydrogen (secondary N) is 1. The van der Waals surface area contributed by atoms with Gasteiger partial charge in [0.05, 0.1) is 0 Å². The zero-order valence-corrected chi connectivity index (χ0v) is 10.5. The first-order valence-electron chi connectivity index (χ1n) is 5.21. The Morgan fingerprint density at radius 3 is 2.44 bits per heavy atom. The Hall–Kier alpha value is -1.29. The van der Waals surface area contributed by atoms with E-state index in [2.05, 4.69) is 36.0 Å². The molecule has 1 heterocycles. The molecule has 84 valence electrons. The summed E-state index contributed by atoms with van der Waals surface area (Å²) in [5.74, 6) is 0.826. The molecule has 0 saturated heterocycles. The lowest BCUT2D eigenvalue weighted by molar-refractivity contribution is 0.793. The van der Waals surface area contributed by atoms with Gasteiger partial charge in [-0.25, -0.2) is 4.98 Å². The molecule has 0 radical (unpaired) electrons. The van der Waals surface area contributed by atoms with Crippen LogP contribution in [0.25, 0.3) is 11.4 Å². The van der Waals surface area contributed by atoms with Crippen molar-refractivity contribution in [3.63, 3.8) is 0 Å². The molecule has 0 aliphatic heterocycles. The molecule has 0 saturated carbocycles. The summed E-state index contributed by atoms with van der Waals surface area (Å²) in [6.07, 6.45) is 0. The molecule has 3 nitrogen and oxygen atoms in total. The van der Waals surface area contributed by atoms with E-state index in [9.17, 15) is 0 Å². The highest BCUT2D eigenvalue weighted by Gasteiger charge is 2.15. The molecule has 0 fully saturated rings. The van der Waals surface area contributed by atoms with Gasteiger partial charge < -0.3 is 0 Å². The molecule has 0 atom stereocenters. The maximum atomic E-state index is 4.46. The summed E-state index contributed by atoms with van der Waals surface area (Å²) in [5, 5.41) is 7.97. The summed E-state index contributed by atoms with van der Waals surface area (Å²) in [6.45, 7) is 6.45. The minimum Gasteiger partial charge on any atom is -0.258 e. The Morgan fingerprint density at radius 2 is 1.81 bits per heavy atom. The third-order valence-corrected chi connectivity index (χ3v) is 2.89. The lowest BCUT2D eigenvalue weighted by Crippen LogP contribution is -2.07. The second-order valence-electron chi connectivity index (χ2n) is 4.55. The van der Waals surface area contributed by atoms with Gasteiger partial charge in [0.1, 0.15) is 0 Å². The molecule has 2 rings (SSSR count). The van der Waals surface area contributed by atoms with Crippen molar-refractivity contribution < 1.29 is 0 Å². The number of hydrogen-bond acceptors (Lipinski definition) is 3. The molecule has 1 N–H and O–H groups in total. The van der Waals surface area contributed by atoms with Crippen molar-refractivity contribution >= 4 is 11.8 Å². The van der Waals surface area contributed by atoms with E-state index >= 15 is 0 Å². The SMILES string of the molecule is CC(C)(C)Sc1n[nH]c(-c2ccccc2)n1. The standard InChI is InChI=1S/C12H15N3S/c1-12(2,3)16-11-13-10(14-15-11)9-7-5-4-6-8-9/h4-8H,1-3H3,(H,13,14,15). The van der Waals surface area contributed by atoms with E-state index in [1.54, 1.807) is 11.8 Å². The number of aromatic amines is 1. The summed E-state index contributed by atoms with van der Waals surface area (Å²) in [4.78, 5) is 4.46. The van der Waals surface area contributed by atoms with Crippen LogP contribution in [0, 0.1) is 0 Å². The van der Waals surface area contributed by atoms with Crippen molar-refractivity contribution in [3.8, 4) is 11.4 Å². The Bertz CT molecular complexity index is 457. The maximum Gasteiger partial charge on any atom is 0.209 e. The molecular formula is C12H15N3S. The second-order valence-corrected chi connectivity index (χ2v) is 6.34. The van der Waals surface area contributed by atoms with Crippen LogP contribution >= 0.6 is 11.8 Å². The first-order chi connectivity index (χ1) is 7.54. The highest BCUT2D eigenvalue weighted by molar-refractivity contribution is 8.00. The molecule has 0 spiro atoms. The molecule has 2 aromatic rings. The van der Waals surface area contributed by atoms with Crippen LogP contribution in [-0.2, 0) is 0 Å². The van der Waals surface area contributed by atoms with Crippen molar-refractivity contribution in [2.75, 3.05) is 0 Å². The van der Waals surface area contributed by atoms with E-state index < -0.39 is 0 Å². The third-order valence-electron chi connectivity index (χ3n) is 1.91. The highest BCUT2D eigenvalue weighted by Crippen LogP contribution is 2.29. The molecule has 0 amide bonds. The Balaban J connectivity index is 2.21. The van der Waals surface area contributed by atoms with Crippen LogP contribution in [0.1, 0.15) is 20.8 Å². The minimum atomic E-state index is 0.135. The molecule has 0 aliphatic carbocycles. The van der Waals surface area contributed by atoms with E-state index in [0.717, 1.165) is 16.5 Å². The van der Waals surface area contributed by atoms with E-state index in [1.807, 2.05) is 30.3 Å². The highest BCUT2D eigenvalue weighted by atomic mass is 32.2. The number of thioether (sulfide) groups is 1. The number of nitrogens with zero attached hydrogens (tertiary/aromatic N) is 2. The Morgan fingerprint density at radius 1 is 1.12 bits per heavy atom. The predicted molar refractivity (Wildman–Crippen MR) is 67.4 cm³/mol. The smallest absolute Gasteiger partial charge is 0.209 e. The largest absolute Gasteiger partial charge is 0.258 e. The van der Waals surface area contributed by atoms with Gasteiger partial charge in [-0.2, -0.15) is 0 Å². The summed E-state index contributed by atoms with van der Waals surface area (Å²) in [7, 11) is 0. The van der Waals surface area contributed by atoms with E-state index in [-0.39, 0.29) is 4.75 Å². The topological polar surface area (TPSA) is 41.6 Å². The van der Waals surface area contributed by atoms with Gasteiger partial charge in [-0.1, -0.05) is 62.9 Å². The van der Waals surface area contributed by atoms with Gasteiger partial charge in [-0.3, -0.25) is 5.10 Å². The molecule has 1 aromatic heterocycles. The Kier molecular flexibility index (Phi) is 3.01. The summed E-state index contributed by atoms with van der Waals surface area (Å²) in [6, 6.07) is 10.0. The molecule has 0 bridgehead atoms. The van der Waals surface area contributed by atoms with E-state index in [0.29, 0.717) is 0 Å². The zero-order chi connectivity index (χ0) is 11.6. The summed E-state index contributed by atoms with van der Waals surface area (Å²) >= 11 is 1.66. The van der Waals surface area contributed by atoms with Gasteiger partial charge in [0.15, 0.2) is 5.82 Å². The molecule has 1 aromatic carbocycles. The van der Waals surface area contributed by atoms with Crippen molar-refractivity contribution in [1.29, 1.82) is 0 Å². The predicted octanol–water partition coefficient (Wildman–Crippen LogP) is 3.36. The van der Waals surface area contributed by atoms with Crippen LogP contribution in [-0.4, -0.2) is 19.9 Å². The fourth-order valence-corrected chi connectivity index (χ4v) is 2.07. The zero-order valence-electron chi connectivity index (χ0n) is 9.69. The molecule has 16 heavy (non-hydrogen) atoms. The number of hydrogen-bond donors (Lipinski definition) is 1. The van der Waals surface area contributed by atoms with Crippen LogP contribution in [0.5, 0.6) is 0 Å². The van der Waals surface area contributed by atoms with Crippen LogP contribution in [0.2, 0.25) is 0 Å². The lowest BCUT2D eigenvalue weighted by Gasteiger charge is -2.13. The molecule has 0 unspecified atom stereocenters. The lowest BCUT2D eigenvalue weighted by atomic mass is 10.2. The van der Waals surface area contributed by atoms with Gasteiger partial charge in [0.25, 0.3) is 0 Å². The number of aromatic nitrogens is 3. The monoisotopic (exact) mass is 233 g/mol. The maximum absolute atomic E-state index is 4.46. The normalized spacial score (nSPS) is 11.7. The van der Waals surface area contributed by atoms with Gasteiger partial charge in [-0.15, -0.1) is 5.10 Å². The number of benzene rings is 1. The first-order valence-corrected chi connectivity index (χ1v) is 6.03. The average molecular weight is 233 g/mol. The Labute approximate surface area is 99.7 Å². The quantitative estimate of drug-likeness (QED) is 0.809. The number of H-pyrrole nitrogens is 1. The molecular weight excluding hydrogens is 218 g/mol. The van der Waals surface area contributed by atoms with E-state index in [4.69, 9.17) is 0 Å². The van der Waals surface area contributed by atoms with Crippen LogP contribution in [0.4, 0.5) is 0 Å². The van der Waals surface area contributed by atoms with Crippen molar-refractivity contribution in [2.45, 2.75) is 30.7 Å². The van der Waals surface area contributed by atoms with Gasteiger partial charge in [0.2, 0.25) is 5.16 Å². The van der Waals surface area contributed by atoms with Crippen molar-refractivity contribution in [2.24, 2.45) is 0 Å². The van der Waals surface area contributed by atoms with Crippen molar-refractivity contribution in [1.82, 2.24) is 15.2 Å². The number of rotatable bonds is 2. The summed E-state index contributed by atoms with van der Waals surface area (Å²) < 4.78 is 0.135. The second kappa shape index (κ2) is 4.29.